The van der Waals surface area contributed by atoms with Crippen molar-refractivity contribution in [3.8, 4) is 0 Å². The third-order valence-electron chi connectivity index (χ3n) is 2.82. The lowest BCUT2D eigenvalue weighted by atomic mass is 10.0. The Morgan fingerprint density at radius 2 is 1.77 bits per heavy atom. The molecule has 1 fully saturated rings. The minimum Gasteiger partial charge on any atom is -0.325 e. The lowest BCUT2D eigenvalue weighted by Crippen LogP contribution is -2.41. The SMILES string of the molecule is CC1CN(CC(F)(F)CN)CC1C. The molecule has 1 heterocycles. The lowest BCUT2D eigenvalue weighted by Gasteiger charge is -2.21. The van der Waals surface area contributed by atoms with Crippen LogP contribution < -0.4 is 5.73 Å². The quantitative estimate of drug-likeness (QED) is 0.727. The van der Waals surface area contributed by atoms with E-state index < -0.39 is 12.5 Å². The second kappa shape index (κ2) is 3.88. The van der Waals surface area contributed by atoms with E-state index in [-0.39, 0.29) is 6.54 Å². The molecule has 1 aliphatic rings. The number of alkyl halides is 2. The fourth-order valence-electron chi connectivity index (χ4n) is 1.77. The summed E-state index contributed by atoms with van der Waals surface area (Å²) in [4.78, 5) is 1.81. The number of hydrogen-bond acceptors (Lipinski definition) is 2. The van der Waals surface area contributed by atoms with E-state index in [9.17, 15) is 8.78 Å². The highest BCUT2D eigenvalue weighted by Crippen LogP contribution is 2.24. The Kier molecular flexibility index (Phi) is 3.24. The Bertz CT molecular complexity index is 163. The number of nitrogens with zero attached hydrogens (tertiary/aromatic N) is 1. The molecular formula is C9H18F2N2. The van der Waals surface area contributed by atoms with Crippen LogP contribution in [-0.4, -0.2) is 37.0 Å². The van der Waals surface area contributed by atoms with Gasteiger partial charge in [-0.05, 0) is 11.8 Å². The molecule has 0 radical (unpaired) electrons. The Hall–Kier alpha value is -0.220. The molecule has 0 aromatic carbocycles. The Balaban J connectivity index is 2.40. The number of hydrogen-bond donors (Lipinski definition) is 1. The van der Waals surface area contributed by atoms with E-state index in [0.29, 0.717) is 11.8 Å². The van der Waals surface area contributed by atoms with Crippen LogP contribution in [0.4, 0.5) is 8.78 Å². The van der Waals surface area contributed by atoms with Gasteiger partial charge in [0.1, 0.15) is 0 Å². The molecule has 1 rings (SSSR count). The van der Waals surface area contributed by atoms with Gasteiger partial charge in [0.25, 0.3) is 5.92 Å². The average Bonchev–Trinajstić information content (AvgIpc) is 2.30. The predicted molar refractivity (Wildman–Crippen MR) is 48.8 cm³/mol. The minimum absolute atomic E-state index is 0.182. The maximum atomic E-state index is 12.9. The Labute approximate surface area is 78.1 Å². The van der Waals surface area contributed by atoms with Crippen LogP contribution in [0.2, 0.25) is 0 Å². The second-order valence-electron chi connectivity index (χ2n) is 4.21. The van der Waals surface area contributed by atoms with E-state index >= 15 is 0 Å². The Morgan fingerprint density at radius 3 is 2.15 bits per heavy atom. The van der Waals surface area contributed by atoms with Gasteiger partial charge in [0.2, 0.25) is 0 Å². The second-order valence-corrected chi connectivity index (χ2v) is 4.21. The highest BCUT2D eigenvalue weighted by atomic mass is 19.3. The molecule has 2 nitrogen and oxygen atoms in total. The van der Waals surface area contributed by atoms with Crippen molar-refractivity contribution in [3.05, 3.63) is 0 Å². The average molecular weight is 192 g/mol. The molecule has 0 aromatic rings. The zero-order chi connectivity index (χ0) is 10.1. The fourth-order valence-corrected chi connectivity index (χ4v) is 1.77. The van der Waals surface area contributed by atoms with Crippen molar-refractivity contribution in [2.75, 3.05) is 26.2 Å². The molecule has 0 aliphatic carbocycles. The van der Waals surface area contributed by atoms with E-state index in [0.717, 1.165) is 13.1 Å². The monoisotopic (exact) mass is 192 g/mol. The smallest absolute Gasteiger partial charge is 0.272 e. The van der Waals surface area contributed by atoms with Crippen molar-refractivity contribution in [1.29, 1.82) is 0 Å². The van der Waals surface area contributed by atoms with Crippen LogP contribution in [0.5, 0.6) is 0 Å². The van der Waals surface area contributed by atoms with Gasteiger partial charge in [-0.1, -0.05) is 13.8 Å². The number of nitrogens with two attached hydrogens (primary N) is 1. The van der Waals surface area contributed by atoms with E-state index in [4.69, 9.17) is 5.73 Å². The highest BCUT2D eigenvalue weighted by molar-refractivity contribution is 4.82. The molecule has 0 saturated carbocycles. The molecule has 2 atom stereocenters. The first-order valence-electron chi connectivity index (χ1n) is 4.75. The first-order chi connectivity index (χ1) is 5.94. The lowest BCUT2D eigenvalue weighted by molar-refractivity contribution is -0.0191. The van der Waals surface area contributed by atoms with Gasteiger partial charge in [0.15, 0.2) is 0 Å². The maximum Gasteiger partial charge on any atom is 0.272 e. The molecule has 0 aromatic heterocycles. The topological polar surface area (TPSA) is 29.3 Å². The number of rotatable bonds is 3. The van der Waals surface area contributed by atoms with Crippen molar-refractivity contribution >= 4 is 0 Å². The van der Waals surface area contributed by atoms with E-state index in [1.807, 2.05) is 4.90 Å². The molecule has 1 saturated heterocycles. The first-order valence-corrected chi connectivity index (χ1v) is 4.75. The van der Waals surface area contributed by atoms with Crippen LogP contribution >= 0.6 is 0 Å². The van der Waals surface area contributed by atoms with Crippen LogP contribution in [0.15, 0.2) is 0 Å². The van der Waals surface area contributed by atoms with Gasteiger partial charge in [0, 0.05) is 13.1 Å². The normalized spacial score (nSPS) is 31.2. The maximum absolute atomic E-state index is 12.9. The molecule has 0 bridgehead atoms. The molecule has 4 heteroatoms. The standard InChI is InChI=1S/C9H18F2N2/c1-7-3-13(4-8(7)2)6-9(10,11)5-12/h7-8H,3-6,12H2,1-2H3. The fraction of sp³-hybridized carbons (Fsp3) is 1.00. The number of halogens is 2. The highest BCUT2D eigenvalue weighted by Gasteiger charge is 2.34. The first kappa shape index (κ1) is 10.9. The van der Waals surface area contributed by atoms with Crippen molar-refractivity contribution in [2.24, 2.45) is 17.6 Å². The Morgan fingerprint density at radius 1 is 1.31 bits per heavy atom. The molecule has 13 heavy (non-hydrogen) atoms. The van der Waals surface area contributed by atoms with Crippen molar-refractivity contribution in [3.63, 3.8) is 0 Å². The molecule has 2 unspecified atom stereocenters. The van der Waals surface area contributed by atoms with Gasteiger partial charge in [-0.15, -0.1) is 0 Å². The summed E-state index contributed by atoms with van der Waals surface area (Å²) in [5, 5.41) is 0. The van der Waals surface area contributed by atoms with Crippen molar-refractivity contribution < 1.29 is 8.78 Å². The zero-order valence-electron chi connectivity index (χ0n) is 8.26. The largest absolute Gasteiger partial charge is 0.325 e. The molecule has 0 spiro atoms. The van der Waals surface area contributed by atoms with Crippen molar-refractivity contribution in [2.45, 2.75) is 19.8 Å². The van der Waals surface area contributed by atoms with Crippen LogP contribution in [0, 0.1) is 11.8 Å². The summed E-state index contributed by atoms with van der Waals surface area (Å²) < 4.78 is 25.8. The number of likely N-dealkylation sites (tertiary alicyclic amines) is 1. The third kappa shape index (κ3) is 2.88. The molecular weight excluding hydrogens is 174 g/mol. The molecule has 2 N–H and O–H groups in total. The molecule has 1 aliphatic heterocycles. The molecule has 78 valence electrons. The van der Waals surface area contributed by atoms with Crippen LogP contribution in [0.3, 0.4) is 0 Å². The summed E-state index contributed by atoms with van der Waals surface area (Å²) >= 11 is 0. The van der Waals surface area contributed by atoms with Gasteiger partial charge in [0.05, 0.1) is 13.1 Å². The van der Waals surface area contributed by atoms with Crippen LogP contribution in [0.25, 0.3) is 0 Å². The third-order valence-corrected chi connectivity index (χ3v) is 2.82. The summed E-state index contributed by atoms with van der Waals surface area (Å²) in [6.07, 6.45) is 0. The van der Waals surface area contributed by atoms with Crippen molar-refractivity contribution in [1.82, 2.24) is 4.90 Å². The summed E-state index contributed by atoms with van der Waals surface area (Å²) in [7, 11) is 0. The summed E-state index contributed by atoms with van der Waals surface area (Å²) in [5.41, 5.74) is 4.98. The van der Waals surface area contributed by atoms with E-state index in [2.05, 4.69) is 13.8 Å². The zero-order valence-corrected chi connectivity index (χ0v) is 8.26. The van der Waals surface area contributed by atoms with Gasteiger partial charge in [-0.3, -0.25) is 4.90 Å². The van der Waals surface area contributed by atoms with Crippen LogP contribution in [-0.2, 0) is 0 Å². The molecule has 0 amide bonds. The van der Waals surface area contributed by atoms with E-state index in [1.165, 1.54) is 0 Å². The summed E-state index contributed by atoms with van der Waals surface area (Å²) in [6.45, 7) is 5.02. The van der Waals surface area contributed by atoms with Gasteiger partial charge >= 0.3 is 0 Å². The summed E-state index contributed by atoms with van der Waals surface area (Å²) in [6, 6.07) is 0. The van der Waals surface area contributed by atoms with Gasteiger partial charge < -0.3 is 5.73 Å². The minimum atomic E-state index is -2.72. The van der Waals surface area contributed by atoms with E-state index in [1.54, 1.807) is 0 Å². The predicted octanol–water partition coefficient (Wildman–Crippen LogP) is 1.17. The van der Waals surface area contributed by atoms with Gasteiger partial charge in [-0.2, -0.15) is 0 Å². The van der Waals surface area contributed by atoms with Crippen LogP contribution in [0.1, 0.15) is 13.8 Å². The van der Waals surface area contributed by atoms with Gasteiger partial charge in [-0.25, -0.2) is 8.78 Å². The summed E-state index contributed by atoms with van der Waals surface area (Å²) in [5.74, 6) is -1.67.